The van der Waals surface area contributed by atoms with Gasteiger partial charge in [-0.3, -0.25) is 4.98 Å². The molecule has 0 unspecified atom stereocenters. The lowest BCUT2D eigenvalue weighted by molar-refractivity contribution is 0.368. The summed E-state index contributed by atoms with van der Waals surface area (Å²) in [6, 6.07) is 9.53. The Hall–Kier alpha value is -2.96. The average molecular weight is 372 g/mol. The zero-order valence-electron chi connectivity index (χ0n) is 16.4. The van der Waals surface area contributed by atoms with Crippen molar-refractivity contribution in [2.24, 2.45) is 4.99 Å². The number of nitrogens with zero attached hydrogens (tertiary/aromatic N) is 2. The van der Waals surface area contributed by atoms with E-state index in [9.17, 15) is 0 Å². The van der Waals surface area contributed by atoms with E-state index in [1.807, 2.05) is 37.3 Å². The first-order valence-corrected chi connectivity index (χ1v) is 8.92. The number of guanidine groups is 1. The SMILES string of the molecule is CCNC(=NCc1ccccn1)NCCc1c(OC)cc(OC)cc1OC. The fraction of sp³-hybridized carbons (Fsp3) is 0.400. The molecule has 0 bridgehead atoms. The van der Waals surface area contributed by atoms with E-state index in [0.717, 1.165) is 35.3 Å². The van der Waals surface area contributed by atoms with Gasteiger partial charge in [0.15, 0.2) is 5.96 Å². The zero-order valence-corrected chi connectivity index (χ0v) is 16.4. The molecule has 2 N–H and O–H groups in total. The fourth-order valence-corrected chi connectivity index (χ4v) is 2.62. The highest BCUT2D eigenvalue weighted by molar-refractivity contribution is 5.79. The number of pyridine rings is 1. The maximum atomic E-state index is 5.50. The van der Waals surface area contributed by atoms with Gasteiger partial charge in [0, 0.05) is 37.0 Å². The van der Waals surface area contributed by atoms with Gasteiger partial charge in [-0.2, -0.15) is 0 Å². The molecule has 0 atom stereocenters. The van der Waals surface area contributed by atoms with Gasteiger partial charge in [-0.1, -0.05) is 6.07 Å². The first-order valence-electron chi connectivity index (χ1n) is 8.92. The van der Waals surface area contributed by atoms with Crippen molar-refractivity contribution >= 4 is 5.96 Å². The molecule has 1 aromatic heterocycles. The second kappa shape index (κ2) is 10.9. The number of aliphatic imine (C=N–C) groups is 1. The summed E-state index contributed by atoms with van der Waals surface area (Å²) >= 11 is 0. The topological polar surface area (TPSA) is 77.0 Å². The molecule has 7 heteroatoms. The van der Waals surface area contributed by atoms with Crippen molar-refractivity contribution in [3.8, 4) is 17.2 Å². The van der Waals surface area contributed by atoms with Crippen molar-refractivity contribution in [3.63, 3.8) is 0 Å². The molecule has 2 rings (SSSR count). The summed E-state index contributed by atoms with van der Waals surface area (Å²) in [7, 11) is 4.91. The molecule has 0 fully saturated rings. The van der Waals surface area contributed by atoms with Gasteiger partial charge in [-0.05, 0) is 25.5 Å². The van der Waals surface area contributed by atoms with E-state index in [2.05, 4.69) is 20.6 Å². The van der Waals surface area contributed by atoms with E-state index >= 15 is 0 Å². The number of nitrogens with one attached hydrogen (secondary N) is 2. The predicted octanol–water partition coefficient (Wildman–Crippen LogP) is 2.41. The molecule has 2 aromatic rings. The van der Waals surface area contributed by atoms with Crippen molar-refractivity contribution in [1.82, 2.24) is 15.6 Å². The molecule has 0 spiro atoms. The quantitative estimate of drug-likeness (QED) is 0.520. The van der Waals surface area contributed by atoms with Gasteiger partial charge in [-0.25, -0.2) is 4.99 Å². The summed E-state index contributed by atoms with van der Waals surface area (Å²) in [6.45, 7) is 4.01. The Labute approximate surface area is 160 Å². The second-order valence-electron chi connectivity index (χ2n) is 5.70. The van der Waals surface area contributed by atoms with Crippen LogP contribution in [0.3, 0.4) is 0 Å². The standard InChI is InChI=1S/C20H28N4O3/c1-5-21-20(24-14-15-8-6-7-10-22-15)23-11-9-17-18(26-3)12-16(25-2)13-19(17)27-4/h6-8,10,12-13H,5,9,11,14H2,1-4H3,(H2,21,23,24). The number of aromatic nitrogens is 1. The summed E-state index contributed by atoms with van der Waals surface area (Å²) in [6.07, 6.45) is 2.48. The Morgan fingerprint density at radius 3 is 2.33 bits per heavy atom. The van der Waals surface area contributed by atoms with Crippen molar-refractivity contribution in [1.29, 1.82) is 0 Å². The summed E-state index contributed by atoms with van der Waals surface area (Å²) in [4.78, 5) is 8.87. The van der Waals surface area contributed by atoms with E-state index in [-0.39, 0.29) is 0 Å². The molecule has 0 aliphatic rings. The van der Waals surface area contributed by atoms with Gasteiger partial charge in [-0.15, -0.1) is 0 Å². The third-order valence-electron chi connectivity index (χ3n) is 3.95. The minimum Gasteiger partial charge on any atom is -0.496 e. The highest BCUT2D eigenvalue weighted by Crippen LogP contribution is 2.34. The summed E-state index contributed by atoms with van der Waals surface area (Å²) in [5.74, 6) is 2.92. The molecule has 0 aliphatic heterocycles. The molecule has 0 aliphatic carbocycles. The van der Waals surface area contributed by atoms with Crippen molar-refractivity contribution in [3.05, 3.63) is 47.8 Å². The zero-order chi connectivity index (χ0) is 19.5. The molecule has 1 heterocycles. The van der Waals surface area contributed by atoms with Crippen molar-refractivity contribution < 1.29 is 14.2 Å². The third kappa shape index (κ3) is 6.06. The van der Waals surface area contributed by atoms with Crippen LogP contribution < -0.4 is 24.8 Å². The molecule has 0 saturated heterocycles. The number of ether oxygens (including phenoxy) is 3. The Balaban J connectivity index is 2.04. The first-order chi connectivity index (χ1) is 13.2. The molecular formula is C20H28N4O3. The average Bonchev–Trinajstić information content (AvgIpc) is 2.72. The first kappa shape index (κ1) is 20.4. The third-order valence-corrected chi connectivity index (χ3v) is 3.95. The van der Waals surface area contributed by atoms with Gasteiger partial charge < -0.3 is 24.8 Å². The van der Waals surface area contributed by atoms with Crippen LogP contribution in [0.2, 0.25) is 0 Å². The number of hydrogen-bond acceptors (Lipinski definition) is 5. The van der Waals surface area contributed by atoms with Gasteiger partial charge in [0.1, 0.15) is 17.2 Å². The Bertz CT molecular complexity index is 710. The summed E-state index contributed by atoms with van der Waals surface area (Å²) in [5.41, 5.74) is 1.90. The van der Waals surface area contributed by atoms with Crippen LogP contribution in [0.1, 0.15) is 18.2 Å². The Morgan fingerprint density at radius 1 is 1.04 bits per heavy atom. The maximum absolute atomic E-state index is 5.50. The lowest BCUT2D eigenvalue weighted by Gasteiger charge is -2.16. The van der Waals surface area contributed by atoms with Crippen LogP contribution >= 0.6 is 0 Å². The predicted molar refractivity (Wildman–Crippen MR) is 107 cm³/mol. The number of methoxy groups -OCH3 is 3. The minimum absolute atomic E-state index is 0.519. The van der Waals surface area contributed by atoms with Crippen LogP contribution in [-0.2, 0) is 13.0 Å². The molecule has 0 radical (unpaired) electrons. The normalized spacial score (nSPS) is 11.0. The minimum atomic E-state index is 0.519. The number of rotatable bonds is 9. The van der Waals surface area contributed by atoms with E-state index < -0.39 is 0 Å². The van der Waals surface area contributed by atoms with Gasteiger partial charge in [0.05, 0.1) is 33.6 Å². The number of hydrogen-bond donors (Lipinski definition) is 2. The highest BCUT2D eigenvalue weighted by Gasteiger charge is 2.13. The van der Waals surface area contributed by atoms with Crippen LogP contribution in [0.5, 0.6) is 17.2 Å². The van der Waals surface area contributed by atoms with Gasteiger partial charge in [0.2, 0.25) is 0 Å². The van der Waals surface area contributed by atoms with E-state index in [4.69, 9.17) is 14.2 Å². The molecule has 0 saturated carbocycles. The van der Waals surface area contributed by atoms with Crippen molar-refractivity contribution in [2.75, 3.05) is 34.4 Å². The Morgan fingerprint density at radius 2 is 1.78 bits per heavy atom. The van der Waals surface area contributed by atoms with Crippen molar-refractivity contribution in [2.45, 2.75) is 19.9 Å². The molecule has 27 heavy (non-hydrogen) atoms. The lowest BCUT2D eigenvalue weighted by atomic mass is 10.1. The smallest absolute Gasteiger partial charge is 0.191 e. The van der Waals surface area contributed by atoms with Crippen LogP contribution in [-0.4, -0.2) is 45.4 Å². The van der Waals surface area contributed by atoms with Crippen LogP contribution in [0.15, 0.2) is 41.5 Å². The fourth-order valence-electron chi connectivity index (χ4n) is 2.62. The highest BCUT2D eigenvalue weighted by atomic mass is 16.5. The molecule has 146 valence electrons. The number of benzene rings is 1. The summed E-state index contributed by atoms with van der Waals surface area (Å²) in [5, 5.41) is 6.58. The second-order valence-corrected chi connectivity index (χ2v) is 5.70. The van der Waals surface area contributed by atoms with Gasteiger partial charge in [0.25, 0.3) is 0 Å². The summed E-state index contributed by atoms with van der Waals surface area (Å²) < 4.78 is 16.3. The van der Waals surface area contributed by atoms with E-state index in [0.29, 0.717) is 25.3 Å². The monoisotopic (exact) mass is 372 g/mol. The molecule has 1 aromatic carbocycles. The van der Waals surface area contributed by atoms with E-state index in [1.165, 1.54) is 0 Å². The Kier molecular flexibility index (Phi) is 8.22. The van der Waals surface area contributed by atoms with Crippen LogP contribution in [0, 0.1) is 0 Å². The molecule has 0 amide bonds. The largest absolute Gasteiger partial charge is 0.496 e. The van der Waals surface area contributed by atoms with E-state index in [1.54, 1.807) is 27.5 Å². The maximum Gasteiger partial charge on any atom is 0.191 e. The van der Waals surface area contributed by atoms with Crippen LogP contribution in [0.4, 0.5) is 0 Å². The molecular weight excluding hydrogens is 344 g/mol. The van der Waals surface area contributed by atoms with Gasteiger partial charge >= 0.3 is 0 Å². The lowest BCUT2D eigenvalue weighted by Crippen LogP contribution is -2.38. The molecule has 7 nitrogen and oxygen atoms in total. The van der Waals surface area contributed by atoms with Crippen LogP contribution in [0.25, 0.3) is 0 Å².